The number of para-hydroxylation sites is 1. The normalized spacial score (nSPS) is 10.6. The molecule has 1 aromatic heterocycles. The number of thioether (sulfide) groups is 1. The van der Waals surface area contributed by atoms with Gasteiger partial charge in [-0.25, -0.2) is 0 Å². The standard InChI is InChI=1S/C21H23N3O3S/c1-15-7-6-8-16(2)20(15)26-13-19-23-24-21(27-19)28-14-18(25)22-12-11-17-9-4-3-5-10-17/h3-10H,11-14H2,1-2H3,(H,22,25). The zero-order valence-electron chi connectivity index (χ0n) is 16.0. The van der Waals surface area contributed by atoms with E-state index in [1.54, 1.807) is 0 Å². The summed E-state index contributed by atoms with van der Waals surface area (Å²) in [6.45, 7) is 4.78. The van der Waals surface area contributed by atoms with E-state index in [0.717, 1.165) is 23.3 Å². The van der Waals surface area contributed by atoms with Crippen molar-refractivity contribution in [1.82, 2.24) is 15.5 Å². The summed E-state index contributed by atoms with van der Waals surface area (Å²) >= 11 is 1.22. The molecule has 0 saturated carbocycles. The van der Waals surface area contributed by atoms with Gasteiger partial charge in [-0.05, 0) is 37.0 Å². The molecule has 0 radical (unpaired) electrons. The van der Waals surface area contributed by atoms with Gasteiger partial charge in [0.05, 0.1) is 5.75 Å². The van der Waals surface area contributed by atoms with Crippen LogP contribution in [0.25, 0.3) is 0 Å². The summed E-state index contributed by atoms with van der Waals surface area (Å²) in [6.07, 6.45) is 0.803. The number of carbonyl (C=O) groups excluding carboxylic acids is 1. The zero-order chi connectivity index (χ0) is 19.8. The van der Waals surface area contributed by atoms with E-state index in [2.05, 4.69) is 15.5 Å². The van der Waals surface area contributed by atoms with Crippen LogP contribution in [0.15, 0.2) is 58.2 Å². The maximum atomic E-state index is 12.0. The Hall–Kier alpha value is -2.80. The van der Waals surface area contributed by atoms with E-state index >= 15 is 0 Å². The Bertz CT molecular complexity index is 892. The Morgan fingerprint density at radius 2 is 1.82 bits per heavy atom. The molecule has 1 amide bonds. The number of aromatic nitrogens is 2. The number of amides is 1. The average molecular weight is 398 g/mol. The second-order valence-corrected chi connectivity index (χ2v) is 7.27. The van der Waals surface area contributed by atoms with Crippen LogP contribution >= 0.6 is 11.8 Å². The lowest BCUT2D eigenvalue weighted by molar-refractivity contribution is -0.118. The van der Waals surface area contributed by atoms with Gasteiger partial charge in [-0.1, -0.05) is 60.3 Å². The minimum atomic E-state index is -0.0625. The maximum Gasteiger partial charge on any atom is 0.277 e. The first-order valence-electron chi connectivity index (χ1n) is 9.06. The highest BCUT2D eigenvalue weighted by Crippen LogP contribution is 2.24. The lowest BCUT2D eigenvalue weighted by atomic mass is 10.1. The van der Waals surface area contributed by atoms with E-state index in [4.69, 9.17) is 9.15 Å². The smallest absolute Gasteiger partial charge is 0.277 e. The SMILES string of the molecule is Cc1cccc(C)c1OCc1nnc(SCC(=O)NCCc2ccccc2)o1. The number of aryl methyl sites for hydroxylation is 2. The van der Waals surface area contributed by atoms with Crippen LogP contribution in [0.2, 0.25) is 0 Å². The lowest BCUT2D eigenvalue weighted by Crippen LogP contribution is -2.27. The minimum Gasteiger partial charge on any atom is -0.483 e. The van der Waals surface area contributed by atoms with E-state index < -0.39 is 0 Å². The number of nitrogens with one attached hydrogen (secondary N) is 1. The summed E-state index contributed by atoms with van der Waals surface area (Å²) in [5, 5.41) is 11.2. The van der Waals surface area contributed by atoms with Crippen molar-refractivity contribution < 1.29 is 13.9 Å². The molecule has 0 aliphatic carbocycles. The molecule has 28 heavy (non-hydrogen) atoms. The molecule has 1 N–H and O–H groups in total. The van der Waals surface area contributed by atoms with E-state index in [-0.39, 0.29) is 18.3 Å². The fourth-order valence-corrected chi connectivity index (χ4v) is 3.30. The van der Waals surface area contributed by atoms with E-state index in [9.17, 15) is 4.79 Å². The topological polar surface area (TPSA) is 77.2 Å². The third-order valence-corrected chi connectivity index (χ3v) is 4.92. The molecular weight excluding hydrogens is 374 g/mol. The Morgan fingerprint density at radius 3 is 2.57 bits per heavy atom. The minimum absolute atomic E-state index is 0.0625. The molecule has 1 heterocycles. The summed E-state index contributed by atoms with van der Waals surface area (Å²) in [4.78, 5) is 12.0. The molecule has 3 rings (SSSR count). The number of nitrogens with zero attached hydrogens (tertiary/aromatic N) is 2. The third kappa shape index (κ3) is 5.85. The van der Waals surface area contributed by atoms with Crippen LogP contribution in [-0.2, 0) is 17.8 Å². The first-order chi connectivity index (χ1) is 13.6. The fraction of sp³-hybridized carbons (Fsp3) is 0.286. The molecule has 0 spiro atoms. The van der Waals surface area contributed by atoms with Crippen molar-refractivity contribution >= 4 is 17.7 Å². The molecule has 3 aromatic rings. The molecule has 146 valence electrons. The molecule has 0 bridgehead atoms. The van der Waals surface area contributed by atoms with E-state index in [1.807, 2.05) is 62.4 Å². The van der Waals surface area contributed by atoms with Gasteiger partial charge in [0.1, 0.15) is 5.75 Å². The molecule has 0 saturated heterocycles. The van der Waals surface area contributed by atoms with Gasteiger partial charge < -0.3 is 14.5 Å². The molecule has 2 aromatic carbocycles. The molecule has 6 nitrogen and oxygen atoms in total. The van der Waals surface area contributed by atoms with Crippen LogP contribution in [0.4, 0.5) is 0 Å². The summed E-state index contributed by atoms with van der Waals surface area (Å²) in [5.41, 5.74) is 3.31. The molecule has 0 fully saturated rings. The molecular formula is C21H23N3O3S. The van der Waals surface area contributed by atoms with Crippen molar-refractivity contribution in [2.45, 2.75) is 32.1 Å². The summed E-state index contributed by atoms with van der Waals surface area (Å²) < 4.78 is 11.3. The van der Waals surface area contributed by atoms with Crippen molar-refractivity contribution in [1.29, 1.82) is 0 Å². The predicted octanol–water partition coefficient (Wildman–Crippen LogP) is 3.72. The van der Waals surface area contributed by atoms with Gasteiger partial charge in [0.15, 0.2) is 6.61 Å². The van der Waals surface area contributed by atoms with Crippen molar-refractivity contribution in [3.8, 4) is 5.75 Å². The maximum absolute atomic E-state index is 12.0. The van der Waals surface area contributed by atoms with Gasteiger partial charge >= 0.3 is 0 Å². The van der Waals surface area contributed by atoms with Gasteiger partial charge in [-0.3, -0.25) is 4.79 Å². The first-order valence-corrected chi connectivity index (χ1v) is 10.0. The highest BCUT2D eigenvalue weighted by molar-refractivity contribution is 7.99. The summed E-state index contributed by atoms with van der Waals surface area (Å²) in [6, 6.07) is 16.0. The van der Waals surface area contributed by atoms with Gasteiger partial charge in [0.2, 0.25) is 5.91 Å². The average Bonchev–Trinajstić information content (AvgIpc) is 3.15. The Kier molecular flexibility index (Phi) is 7.08. The van der Waals surface area contributed by atoms with Crippen molar-refractivity contribution in [2.24, 2.45) is 0 Å². The number of rotatable bonds is 9. The number of ether oxygens (including phenoxy) is 1. The lowest BCUT2D eigenvalue weighted by Gasteiger charge is -2.09. The highest BCUT2D eigenvalue weighted by Gasteiger charge is 2.11. The molecule has 0 atom stereocenters. The second-order valence-electron chi connectivity index (χ2n) is 6.35. The van der Waals surface area contributed by atoms with Gasteiger partial charge in [-0.15, -0.1) is 10.2 Å². The Balaban J connectivity index is 1.40. The number of hydrogen-bond acceptors (Lipinski definition) is 6. The van der Waals surface area contributed by atoms with Crippen LogP contribution in [-0.4, -0.2) is 28.4 Å². The summed E-state index contributed by atoms with van der Waals surface area (Å²) in [5.74, 6) is 1.38. The van der Waals surface area contributed by atoms with Crippen LogP contribution in [0, 0.1) is 13.8 Å². The monoisotopic (exact) mass is 397 g/mol. The van der Waals surface area contributed by atoms with Crippen molar-refractivity contribution in [3.05, 3.63) is 71.1 Å². The number of carbonyl (C=O) groups is 1. The Labute approximate surface area is 168 Å². The number of hydrogen-bond donors (Lipinski definition) is 1. The van der Waals surface area contributed by atoms with Crippen molar-refractivity contribution in [3.63, 3.8) is 0 Å². The van der Waals surface area contributed by atoms with E-state index in [1.165, 1.54) is 17.3 Å². The van der Waals surface area contributed by atoms with Crippen LogP contribution in [0.1, 0.15) is 22.6 Å². The van der Waals surface area contributed by atoms with Crippen LogP contribution in [0.3, 0.4) is 0 Å². The van der Waals surface area contributed by atoms with Crippen molar-refractivity contribution in [2.75, 3.05) is 12.3 Å². The van der Waals surface area contributed by atoms with Crippen LogP contribution < -0.4 is 10.1 Å². The largest absolute Gasteiger partial charge is 0.483 e. The molecule has 0 aliphatic heterocycles. The second kappa shape index (κ2) is 9.94. The summed E-state index contributed by atoms with van der Waals surface area (Å²) in [7, 11) is 0. The quantitative estimate of drug-likeness (QED) is 0.555. The number of benzene rings is 2. The highest BCUT2D eigenvalue weighted by atomic mass is 32.2. The molecule has 0 unspecified atom stereocenters. The molecule has 7 heteroatoms. The zero-order valence-corrected chi connectivity index (χ0v) is 16.8. The first kappa shape index (κ1) is 19.9. The predicted molar refractivity (Wildman–Crippen MR) is 108 cm³/mol. The van der Waals surface area contributed by atoms with Gasteiger partial charge in [-0.2, -0.15) is 0 Å². The fourth-order valence-electron chi connectivity index (χ4n) is 2.68. The van der Waals surface area contributed by atoms with Gasteiger partial charge in [0.25, 0.3) is 11.1 Å². The van der Waals surface area contributed by atoms with Gasteiger partial charge in [0, 0.05) is 6.54 Å². The van der Waals surface area contributed by atoms with Crippen LogP contribution in [0.5, 0.6) is 5.75 Å². The van der Waals surface area contributed by atoms with E-state index in [0.29, 0.717) is 17.7 Å². The third-order valence-electron chi connectivity index (χ3n) is 4.10. The Morgan fingerprint density at radius 1 is 1.07 bits per heavy atom. The molecule has 0 aliphatic rings.